The molecule has 0 unspecified atom stereocenters. The molecule has 0 N–H and O–H groups in total. The number of benzene rings is 3. The van der Waals surface area contributed by atoms with Crippen LogP contribution in [0, 0.1) is 17.8 Å². The lowest BCUT2D eigenvalue weighted by atomic mass is 9.77. The maximum absolute atomic E-state index is 5.18. The molecule has 0 saturated heterocycles. The van der Waals surface area contributed by atoms with Crippen molar-refractivity contribution in [1.29, 1.82) is 0 Å². The van der Waals surface area contributed by atoms with Gasteiger partial charge >= 0.3 is 0 Å². The summed E-state index contributed by atoms with van der Waals surface area (Å²) in [5.74, 6) is 7.15. The molecule has 0 radical (unpaired) electrons. The van der Waals surface area contributed by atoms with Gasteiger partial charge in [0.1, 0.15) is 0 Å². The minimum absolute atomic E-state index is 0.676. The van der Waals surface area contributed by atoms with Gasteiger partial charge in [-0.1, -0.05) is 171 Å². The predicted octanol–water partition coefficient (Wildman–Crippen LogP) is 16.4. The molecule has 1 heterocycles. The first-order valence-corrected chi connectivity index (χ1v) is 24.2. The summed E-state index contributed by atoms with van der Waals surface area (Å²) < 4.78 is 0. The molecule has 3 aliphatic rings. The Hall–Kier alpha value is -3.33. The van der Waals surface area contributed by atoms with Gasteiger partial charge in [-0.15, -0.1) is 0 Å². The third-order valence-corrected chi connectivity index (χ3v) is 14.7. The zero-order chi connectivity index (χ0) is 39.2. The Kier molecular flexibility index (Phi) is 15.9. The van der Waals surface area contributed by atoms with Crippen molar-refractivity contribution >= 4 is 0 Å². The highest BCUT2D eigenvalue weighted by molar-refractivity contribution is 5.67. The maximum Gasteiger partial charge on any atom is 0.164 e. The molecule has 3 aliphatic carbocycles. The predicted molar refractivity (Wildman–Crippen MR) is 243 cm³/mol. The molecule has 3 aromatic carbocycles. The standard InChI is InChI=1S/C54H75N3/c1-4-7-10-13-40-16-22-43(23-17-40)46-28-34-49(35-29-46)52-55-53(50-36-30-47(31-37-50)44-24-18-41(19-25-44)14-11-8-5-2)57-54(56-52)51-38-32-48(33-39-51)45-26-20-42(21-27-45)15-12-9-6-3/h28-45H,4-27H2,1-3H3. The van der Waals surface area contributed by atoms with Crippen molar-refractivity contribution < 1.29 is 0 Å². The van der Waals surface area contributed by atoms with Crippen LogP contribution >= 0.6 is 0 Å². The molecule has 3 heteroatoms. The van der Waals surface area contributed by atoms with Crippen LogP contribution in [0.25, 0.3) is 34.2 Å². The first-order chi connectivity index (χ1) is 28.1. The van der Waals surface area contributed by atoms with Crippen molar-refractivity contribution in [1.82, 2.24) is 15.0 Å². The lowest BCUT2D eigenvalue weighted by molar-refractivity contribution is 0.303. The van der Waals surface area contributed by atoms with Gasteiger partial charge in [0.2, 0.25) is 0 Å². The Bertz CT molecular complexity index is 1510. The average molecular weight is 766 g/mol. The van der Waals surface area contributed by atoms with Crippen molar-refractivity contribution in [2.75, 3.05) is 0 Å². The third kappa shape index (κ3) is 11.7. The summed E-state index contributed by atoms with van der Waals surface area (Å²) in [5, 5.41) is 0. The van der Waals surface area contributed by atoms with Crippen molar-refractivity contribution in [3.8, 4) is 34.2 Å². The highest BCUT2D eigenvalue weighted by atomic mass is 15.0. The molecule has 0 spiro atoms. The Labute approximate surface area is 347 Å². The van der Waals surface area contributed by atoms with Crippen LogP contribution in [0.5, 0.6) is 0 Å². The van der Waals surface area contributed by atoms with E-state index < -0.39 is 0 Å². The first kappa shape index (κ1) is 41.8. The fourth-order valence-corrected chi connectivity index (χ4v) is 10.9. The summed E-state index contributed by atoms with van der Waals surface area (Å²) in [6.45, 7) is 6.94. The monoisotopic (exact) mass is 766 g/mol. The van der Waals surface area contributed by atoms with Crippen molar-refractivity contribution in [2.45, 2.75) is 193 Å². The molecule has 3 fully saturated rings. The van der Waals surface area contributed by atoms with Crippen LogP contribution < -0.4 is 0 Å². The molecule has 57 heavy (non-hydrogen) atoms. The van der Waals surface area contributed by atoms with Gasteiger partial charge < -0.3 is 0 Å². The zero-order valence-electron chi connectivity index (χ0n) is 36.2. The Balaban J connectivity index is 1.07. The van der Waals surface area contributed by atoms with Crippen LogP contribution in [0.15, 0.2) is 72.8 Å². The second-order valence-electron chi connectivity index (χ2n) is 18.8. The summed E-state index contributed by atoms with van der Waals surface area (Å²) in [4.78, 5) is 15.5. The molecule has 0 aliphatic heterocycles. The van der Waals surface area contributed by atoms with Crippen LogP contribution in [0.2, 0.25) is 0 Å². The summed E-state index contributed by atoms with van der Waals surface area (Å²) in [7, 11) is 0. The van der Waals surface area contributed by atoms with Gasteiger partial charge in [-0.2, -0.15) is 0 Å². The SMILES string of the molecule is CCCCCC1CCC(c2ccc(-c3nc(-c4ccc(C5CCC(CCCCC)CC5)cc4)nc(-c4ccc(C5CCC(CCCCC)CC5)cc4)n3)cc2)CC1. The molecular weight excluding hydrogens is 691 g/mol. The van der Waals surface area contributed by atoms with E-state index >= 15 is 0 Å². The highest BCUT2D eigenvalue weighted by Gasteiger charge is 2.25. The number of hydrogen-bond acceptors (Lipinski definition) is 3. The van der Waals surface area contributed by atoms with Crippen molar-refractivity contribution in [2.24, 2.45) is 17.8 Å². The minimum Gasteiger partial charge on any atom is -0.208 e. The molecule has 0 bridgehead atoms. The number of rotatable bonds is 18. The van der Waals surface area contributed by atoms with E-state index in [1.165, 1.54) is 171 Å². The van der Waals surface area contributed by atoms with Crippen LogP contribution in [-0.4, -0.2) is 15.0 Å². The average Bonchev–Trinajstić information content (AvgIpc) is 3.27. The first-order valence-electron chi connectivity index (χ1n) is 24.2. The lowest BCUT2D eigenvalue weighted by Crippen LogP contribution is -2.13. The van der Waals surface area contributed by atoms with Crippen LogP contribution in [0.4, 0.5) is 0 Å². The molecule has 7 rings (SSSR count). The van der Waals surface area contributed by atoms with Gasteiger partial charge in [-0.3, -0.25) is 0 Å². The van der Waals surface area contributed by atoms with Gasteiger partial charge in [0.05, 0.1) is 0 Å². The van der Waals surface area contributed by atoms with Gasteiger partial charge in [0, 0.05) is 16.7 Å². The van der Waals surface area contributed by atoms with E-state index in [1.54, 1.807) is 0 Å². The van der Waals surface area contributed by atoms with E-state index in [-0.39, 0.29) is 0 Å². The van der Waals surface area contributed by atoms with Gasteiger partial charge in [-0.05, 0) is 129 Å². The third-order valence-electron chi connectivity index (χ3n) is 14.7. The van der Waals surface area contributed by atoms with E-state index in [0.717, 1.165) is 51.9 Å². The largest absolute Gasteiger partial charge is 0.208 e. The number of hydrogen-bond donors (Lipinski definition) is 0. The Morgan fingerprint density at radius 2 is 0.579 bits per heavy atom. The van der Waals surface area contributed by atoms with Crippen LogP contribution in [0.3, 0.4) is 0 Å². The fourth-order valence-electron chi connectivity index (χ4n) is 10.9. The zero-order valence-corrected chi connectivity index (χ0v) is 36.2. The molecule has 3 saturated carbocycles. The Morgan fingerprint density at radius 1 is 0.333 bits per heavy atom. The topological polar surface area (TPSA) is 38.7 Å². The number of nitrogens with zero attached hydrogens (tertiary/aromatic N) is 3. The van der Waals surface area contributed by atoms with E-state index in [1.807, 2.05) is 0 Å². The van der Waals surface area contributed by atoms with Gasteiger partial charge in [0.15, 0.2) is 17.5 Å². The van der Waals surface area contributed by atoms with E-state index in [2.05, 4.69) is 93.6 Å². The quantitative estimate of drug-likeness (QED) is 0.0947. The smallest absolute Gasteiger partial charge is 0.164 e. The van der Waals surface area contributed by atoms with E-state index in [4.69, 9.17) is 15.0 Å². The van der Waals surface area contributed by atoms with Crippen molar-refractivity contribution in [3.63, 3.8) is 0 Å². The van der Waals surface area contributed by atoms with E-state index in [0.29, 0.717) is 17.8 Å². The van der Waals surface area contributed by atoms with Gasteiger partial charge in [0.25, 0.3) is 0 Å². The molecule has 3 nitrogen and oxygen atoms in total. The number of unbranched alkanes of at least 4 members (excludes halogenated alkanes) is 6. The Morgan fingerprint density at radius 3 is 0.807 bits per heavy atom. The van der Waals surface area contributed by atoms with E-state index in [9.17, 15) is 0 Å². The summed E-state index contributed by atoms with van der Waals surface area (Å²) in [6.07, 6.45) is 32.9. The molecule has 306 valence electrons. The molecule has 0 atom stereocenters. The number of aromatic nitrogens is 3. The summed E-state index contributed by atoms with van der Waals surface area (Å²) in [6, 6.07) is 27.8. The van der Waals surface area contributed by atoms with Crippen LogP contribution in [0.1, 0.15) is 209 Å². The van der Waals surface area contributed by atoms with Crippen molar-refractivity contribution in [3.05, 3.63) is 89.5 Å². The fraction of sp³-hybridized carbons (Fsp3) is 0.611. The molecular formula is C54H75N3. The summed E-state index contributed by atoms with van der Waals surface area (Å²) >= 11 is 0. The maximum atomic E-state index is 5.18. The molecule has 0 amide bonds. The molecule has 1 aromatic heterocycles. The minimum atomic E-state index is 0.676. The lowest BCUT2D eigenvalue weighted by Gasteiger charge is -2.29. The second-order valence-corrected chi connectivity index (χ2v) is 18.8. The summed E-state index contributed by atoms with van der Waals surface area (Å²) in [5.41, 5.74) is 7.69. The van der Waals surface area contributed by atoms with Crippen LogP contribution in [-0.2, 0) is 0 Å². The highest BCUT2D eigenvalue weighted by Crippen LogP contribution is 2.41. The molecule has 4 aromatic rings. The second kappa shape index (κ2) is 21.6. The normalized spacial score (nSPS) is 24.1. The van der Waals surface area contributed by atoms with Gasteiger partial charge in [-0.25, -0.2) is 15.0 Å².